The summed E-state index contributed by atoms with van der Waals surface area (Å²) in [6.07, 6.45) is 1.01. The number of carboxylic acid groups (broad SMARTS) is 1. The van der Waals surface area contributed by atoms with Crippen molar-refractivity contribution in [2.45, 2.75) is 31.1 Å². The summed E-state index contributed by atoms with van der Waals surface area (Å²) >= 11 is 0. The van der Waals surface area contributed by atoms with E-state index < -0.39 is 16.0 Å². The van der Waals surface area contributed by atoms with Gasteiger partial charge in [0.15, 0.2) is 0 Å². The molecule has 6 nitrogen and oxygen atoms in total. The van der Waals surface area contributed by atoms with Crippen LogP contribution >= 0.6 is 0 Å². The van der Waals surface area contributed by atoms with E-state index in [1.807, 2.05) is 12.1 Å². The Balaban J connectivity index is 2.06. The molecule has 1 aliphatic heterocycles. The van der Waals surface area contributed by atoms with E-state index in [9.17, 15) is 13.2 Å². The van der Waals surface area contributed by atoms with Gasteiger partial charge in [-0.05, 0) is 30.0 Å². The van der Waals surface area contributed by atoms with Crippen molar-refractivity contribution in [1.82, 2.24) is 9.21 Å². The highest BCUT2D eigenvalue weighted by Gasteiger charge is 2.29. The SMILES string of the molecule is CCC(C)c1ccc(S(=O)(=O)N2CCN(CC(=O)O)CC2)cc1. The first-order valence-corrected chi connectivity index (χ1v) is 9.33. The Morgan fingerprint density at radius 3 is 2.22 bits per heavy atom. The predicted octanol–water partition coefficient (Wildman–Crippen LogP) is 1.59. The second-order valence-electron chi connectivity index (χ2n) is 5.95. The highest BCUT2D eigenvalue weighted by molar-refractivity contribution is 7.89. The number of nitrogens with zero attached hydrogens (tertiary/aromatic N) is 2. The molecule has 0 radical (unpaired) electrons. The van der Waals surface area contributed by atoms with Crippen LogP contribution in [0.5, 0.6) is 0 Å². The van der Waals surface area contributed by atoms with Crippen LogP contribution in [0.4, 0.5) is 0 Å². The van der Waals surface area contributed by atoms with E-state index in [0.29, 0.717) is 37.0 Å². The lowest BCUT2D eigenvalue weighted by Gasteiger charge is -2.33. The van der Waals surface area contributed by atoms with Crippen LogP contribution in [0.25, 0.3) is 0 Å². The quantitative estimate of drug-likeness (QED) is 0.851. The lowest BCUT2D eigenvalue weighted by Crippen LogP contribution is -2.49. The summed E-state index contributed by atoms with van der Waals surface area (Å²) in [5, 5.41) is 8.79. The largest absolute Gasteiger partial charge is 0.480 e. The normalized spacial score (nSPS) is 18.7. The van der Waals surface area contributed by atoms with Crippen LogP contribution in [0.2, 0.25) is 0 Å². The van der Waals surface area contributed by atoms with Crippen LogP contribution in [-0.2, 0) is 14.8 Å². The summed E-state index contributed by atoms with van der Waals surface area (Å²) in [4.78, 5) is 12.8. The number of benzene rings is 1. The van der Waals surface area contributed by atoms with Crippen molar-refractivity contribution in [2.24, 2.45) is 0 Å². The Morgan fingerprint density at radius 1 is 1.17 bits per heavy atom. The van der Waals surface area contributed by atoms with Gasteiger partial charge in [0.25, 0.3) is 0 Å². The summed E-state index contributed by atoms with van der Waals surface area (Å²) in [6.45, 7) is 5.70. The van der Waals surface area contributed by atoms with Crippen LogP contribution < -0.4 is 0 Å². The van der Waals surface area contributed by atoms with Crippen LogP contribution in [0, 0.1) is 0 Å². The van der Waals surface area contributed by atoms with Gasteiger partial charge in [0, 0.05) is 26.2 Å². The molecule has 128 valence electrons. The van der Waals surface area contributed by atoms with Crippen molar-refractivity contribution in [3.8, 4) is 0 Å². The molecular weight excluding hydrogens is 316 g/mol. The predicted molar refractivity (Wildman–Crippen MR) is 88.0 cm³/mol. The van der Waals surface area contributed by atoms with E-state index in [1.54, 1.807) is 17.0 Å². The highest BCUT2D eigenvalue weighted by atomic mass is 32.2. The zero-order chi connectivity index (χ0) is 17.0. The third-order valence-electron chi connectivity index (χ3n) is 4.39. The maximum Gasteiger partial charge on any atom is 0.317 e. The summed E-state index contributed by atoms with van der Waals surface area (Å²) in [7, 11) is -3.50. The molecule has 2 rings (SSSR count). The molecule has 1 atom stereocenters. The van der Waals surface area contributed by atoms with Crippen LogP contribution in [0.3, 0.4) is 0 Å². The lowest BCUT2D eigenvalue weighted by atomic mass is 9.99. The zero-order valence-corrected chi connectivity index (χ0v) is 14.4. The Kier molecular flexibility index (Phi) is 5.78. The minimum absolute atomic E-state index is 0.0442. The lowest BCUT2D eigenvalue weighted by molar-refractivity contribution is -0.138. The molecule has 1 N–H and O–H groups in total. The average molecular weight is 340 g/mol. The average Bonchev–Trinajstić information content (AvgIpc) is 2.54. The van der Waals surface area contributed by atoms with Gasteiger partial charge < -0.3 is 5.11 Å². The third-order valence-corrected chi connectivity index (χ3v) is 6.30. The smallest absolute Gasteiger partial charge is 0.317 e. The molecular formula is C16H24N2O4S. The number of carboxylic acids is 1. The maximum atomic E-state index is 12.7. The molecule has 1 heterocycles. The number of carbonyl (C=O) groups is 1. The van der Waals surface area contributed by atoms with Gasteiger partial charge in [0.05, 0.1) is 11.4 Å². The Morgan fingerprint density at radius 2 is 1.74 bits per heavy atom. The van der Waals surface area contributed by atoms with Gasteiger partial charge in [0.2, 0.25) is 10.0 Å². The molecule has 1 fully saturated rings. The molecule has 1 aromatic carbocycles. The second-order valence-corrected chi connectivity index (χ2v) is 7.89. The minimum Gasteiger partial charge on any atom is -0.480 e. The standard InChI is InChI=1S/C16H24N2O4S/c1-3-13(2)14-4-6-15(7-5-14)23(21,22)18-10-8-17(9-11-18)12-16(19)20/h4-7,13H,3,8-12H2,1-2H3,(H,19,20). The van der Waals surface area contributed by atoms with Gasteiger partial charge in [0.1, 0.15) is 0 Å². The molecule has 0 aromatic heterocycles. The summed E-state index contributed by atoms with van der Waals surface area (Å²) in [5.74, 6) is -0.478. The van der Waals surface area contributed by atoms with Gasteiger partial charge in [-0.1, -0.05) is 26.0 Å². The maximum absolute atomic E-state index is 12.7. The molecule has 0 amide bonds. The molecule has 0 bridgehead atoms. The molecule has 0 aliphatic carbocycles. The molecule has 1 aromatic rings. The van der Waals surface area contributed by atoms with Crippen molar-refractivity contribution >= 4 is 16.0 Å². The van der Waals surface area contributed by atoms with Crippen LogP contribution in [-0.4, -0.2) is 61.4 Å². The number of piperazine rings is 1. The summed E-state index contributed by atoms with van der Waals surface area (Å²) in [6, 6.07) is 7.09. The van der Waals surface area contributed by atoms with Gasteiger partial charge in [-0.3, -0.25) is 9.69 Å². The van der Waals surface area contributed by atoms with Crippen molar-refractivity contribution < 1.29 is 18.3 Å². The molecule has 23 heavy (non-hydrogen) atoms. The number of rotatable bonds is 6. The second kappa shape index (κ2) is 7.42. The Labute approximate surface area is 137 Å². The molecule has 1 unspecified atom stereocenters. The Bertz CT molecular complexity index is 635. The Hall–Kier alpha value is -1.44. The van der Waals surface area contributed by atoms with Crippen LogP contribution in [0.1, 0.15) is 31.7 Å². The fourth-order valence-electron chi connectivity index (χ4n) is 2.67. The van der Waals surface area contributed by atoms with Crippen LogP contribution in [0.15, 0.2) is 29.2 Å². The summed E-state index contributed by atoms with van der Waals surface area (Å²) in [5.41, 5.74) is 1.14. The molecule has 1 aliphatic rings. The zero-order valence-electron chi connectivity index (χ0n) is 13.6. The number of aliphatic carboxylic acids is 1. The molecule has 0 saturated carbocycles. The first-order valence-electron chi connectivity index (χ1n) is 7.89. The first-order chi connectivity index (χ1) is 10.8. The van der Waals surface area contributed by atoms with Gasteiger partial charge in [-0.15, -0.1) is 0 Å². The first kappa shape index (κ1) is 17.9. The summed E-state index contributed by atoms with van der Waals surface area (Å²) < 4.78 is 26.7. The minimum atomic E-state index is -3.50. The van der Waals surface area contributed by atoms with Crippen molar-refractivity contribution in [3.05, 3.63) is 29.8 Å². The van der Waals surface area contributed by atoms with E-state index in [4.69, 9.17) is 5.11 Å². The number of hydrogen-bond donors (Lipinski definition) is 1. The topological polar surface area (TPSA) is 77.9 Å². The fraction of sp³-hybridized carbons (Fsp3) is 0.562. The van der Waals surface area contributed by atoms with Crippen molar-refractivity contribution in [3.63, 3.8) is 0 Å². The van der Waals surface area contributed by atoms with Gasteiger partial charge >= 0.3 is 5.97 Å². The van der Waals surface area contributed by atoms with E-state index in [-0.39, 0.29) is 6.54 Å². The monoisotopic (exact) mass is 340 g/mol. The molecule has 0 spiro atoms. The fourth-order valence-corrected chi connectivity index (χ4v) is 4.09. The number of sulfonamides is 1. The molecule has 1 saturated heterocycles. The van der Waals surface area contributed by atoms with Gasteiger partial charge in [-0.25, -0.2) is 8.42 Å². The van der Waals surface area contributed by atoms with Crippen molar-refractivity contribution in [2.75, 3.05) is 32.7 Å². The highest BCUT2D eigenvalue weighted by Crippen LogP contribution is 2.23. The van der Waals surface area contributed by atoms with E-state index in [1.165, 1.54) is 4.31 Å². The molecule has 7 heteroatoms. The van der Waals surface area contributed by atoms with Crippen molar-refractivity contribution in [1.29, 1.82) is 0 Å². The van der Waals surface area contributed by atoms with E-state index in [0.717, 1.165) is 12.0 Å². The van der Waals surface area contributed by atoms with E-state index >= 15 is 0 Å². The van der Waals surface area contributed by atoms with Gasteiger partial charge in [-0.2, -0.15) is 4.31 Å². The van der Waals surface area contributed by atoms with E-state index in [2.05, 4.69) is 13.8 Å². The third kappa shape index (κ3) is 4.31. The number of hydrogen-bond acceptors (Lipinski definition) is 4.